The molecule has 0 unspecified atom stereocenters. The average Bonchev–Trinajstić information content (AvgIpc) is 3.20. The maximum Gasteiger partial charge on any atom is 0.264 e. The largest absolute Gasteiger partial charge is 0.494 e. The van der Waals surface area contributed by atoms with Crippen molar-refractivity contribution < 1.29 is 24.1 Å². The van der Waals surface area contributed by atoms with Gasteiger partial charge in [-0.3, -0.25) is 19.1 Å². The molecule has 0 saturated carbocycles. The molecule has 0 spiro atoms. The van der Waals surface area contributed by atoms with Crippen LogP contribution in [0, 0.1) is 4.77 Å². The Morgan fingerprint density at radius 3 is 2.52 bits per heavy atom. The molecule has 3 rings (SSSR count). The second-order valence-electron chi connectivity index (χ2n) is 6.80. The van der Waals surface area contributed by atoms with Gasteiger partial charge in [0.2, 0.25) is 17.5 Å². The zero-order valence-corrected chi connectivity index (χ0v) is 18.7. The molecule has 1 amide bonds. The first kappa shape index (κ1) is 22.3. The Hall–Kier alpha value is -3.34. The minimum atomic E-state index is -0.580. The van der Waals surface area contributed by atoms with Gasteiger partial charge in [-0.15, -0.1) is 0 Å². The van der Waals surface area contributed by atoms with Crippen molar-refractivity contribution in [2.24, 2.45) is 12.1 Å². The van der Waals surface area contributed by atoms with Gasteiger partial charge in [-0.2, -0.15) is 5.10 Å². The summed E-state index contributed by atoms with van der Waals surface area (Å²) in [6.45, 7) is 1.72. The van der Waals surface area contributed by atoms with Crippen molar-refractivity contribution >= 4 is 23.8 Å². The first-order chi connectivity index (χ1) is 14.8. The number of carbonyl (C=O) groups is 1. The Labute approximate surface area is 183 Å². The van der Waals surface area contributed by atoms with Gasteiger partial charge in [-0.25, -0.2) is 5.01 Å². The smallest absolute Gasteiger partial charge is 0.264 e. The fourth-order valence-electron chi connectivity index (χ4n) is 3.55. The molecule has 31 heavy (non-hydrogen) atoms. The average molecular weight is 449 g/mol. The summed E-state index contributed by atoms with van der Waals surface area (Å²) in [5.41, 5.74) is 0.268. The molecule has 0 fully saturated rings. The van der Waals surface area contributed by atoms with E-state index in [0.29, 0.717) is 22.8 Å². The quantitative estimate of drug-likeness (QED) is 0.651. The lowest BCUT2D eigenvalue weighted by atomic mass is 9.97. The topological polar surface area (TPSA) is 118 Å². The number of nitrogens with one attached hydrogen (secondary N) is 1. The van der Waals surface area contributed by atoms with Crippen LogP contribution in [-0.2, 0) is 11.8 Å². The third-order valence-electron chi connectivity index (χ3n) is 5.14. The van der Waals surface area contributed by atoms with Crippen molar-refractivity contribution in [3.8, 4) is 23.1 Å². The predicted octanol–water partition coefficient (Wildman–Crippen LogP) is 2.26. The summed E-state index contributed by atoms with van der Waals surface area (Å²) in [6.07, 6.45) is 0.370. The van der Waals surface area contributed by atoms with Crippen molar-refractivity contribution in [2.45, 2.75) is 25.8 Å². The van der Waals surface area contributed by atoms with Gasteiger partial charge < -0.3 is 19.3 Å². The van der Waals surface area contributed by atoms with Crippen LogP contribution in [0.4, 0.5) is 0 Å². The van der Waals surface area contributed by atoms with Gasteiger partial charge in [0.15, 0.2) is 16.3 Å². The van der Waals surface area contributed by atoms with Crippen LogP contribution in [0.1, 0.15) is 36.9 Å². The normalized spacial score (nSPS) is 15.6. The standard InChI is InChI=1S/C20H24N4O6S/c1-6-14(25)24-12(10-7-8-13(28-3)17(30-5)16(10)29-4)9-11(22-24)15-18(26)21-20(31)23(2)19(15)27/h7-8,12,27H,6,9H2,1-5H3,(H,21,26,31)/t12-/m1/s1. The van der Waals surface area contributed by atoms with E-state index in [1.54, 1.807) is 19.1 Å². The number of aromatic nitrogens is 2. The Morgan fingerprint density at radius 1 is 1.26 bits per heavy atom. The first-order valence-corrected chi connectivity index (χ1v) is 9.90. The van der Waals surface area contributed by atoms with Crippen molar-refractivity contribution in [3.63, 3.8) is 0 Å². The van der Waals surface area contributed by atoms with E-state index in [9.17, 15) is 14.7 Å². The molecular formula is C20H24N4O6S. The maximum absolute atomic E-state index is 12.7. The lowest BCUT2D eigenvalue weighted by molar-refractivity contribution is -0.132. The summed E-state index contributed by atoms with van der Waals surface area (Å²) in [5.74, 6) is 0.662. The third kappa shape index (κ3) is 3.76. The highest BCUT2D eigenvalue weighted by atomic mass is 32.1. The van der Waals surface area contributed by atoms with E-state index >= 15 is 0 Å². The molecule has 2 aromatic rings. The van der Waals surface area contributed by atoms with Gasteiger partial charge >= 0.3 is 0 Å². The summed E-state index contributed by atoms with van der Waals surface area (Å²) in [6, 6.07) is 2.89. The fourth-order valence-corrected chi connectivity index (χ4v) is 3.73. The molecule has 0 radical (unpaired) electrons. The molecule has 1 atom stereocenters. The van der Waals surface area contributed by atoms with Gasteiger partial charge in [0, 0.05) is 25.5 Å². The van der Waals surface area contributed by atoms with Crippen LogP contribution in [0.25, 0.3) is 0 Å². The summed E-state index contributed by atoms with van der Waals surface area (Å²) in [5, 5.41) is 16.2. The number of benzene rings is 1. The Kier molecular flexibility index (Phi) is 6.34. The minimum absolute atomic E-state index is 0.0352. The molecule has 166 valence electrons. The van der Waals surface area contributed by atoms with Gasteiger partial charge in [-0.1, -0.05) is 6.92 Å². The number of methoxy groups -OCH3 is 3. The lowest BCUT2D eigenvalue weighted by Gasteiger charge is -2.24. The number of aromatic hydroxyl groups is 1. The van der Waals surface area contributed by atoms with Crippen LogP contribution in [-0.4, -0.2) is 52.6 Å². The molecule has 1 aliphatic heterocycles. The highest BCUT2D eigenvalue weighted by molar-refractivity contribution is 7.71. The number of carbonyl (C=O) groups excluding carboxylic acids is 1. The van der Waals surface area contributed by atoms with Crippen LogP contribution < -0.4 is 19.8 Å². The Bertz CT molecular complexity index is 1170. The number of amides is 1. The number of hydrogen-bond acceptors (Lipinski definition) is 8. The van der Waals surface area contributed by atoms with Crippen molar-refractivity contribution in [1.82, 2.24) is 14.6 Å². The van der Waals surface area contributed by atoms with Crippen molar-refractivity contribution in [2.75, 3.05) is 21.3 Å². The van der Waals surface area contributed by atoms with Gasteiger partial charge in [0.05, 0.1) is 33.1 Å². The molecule has 2 heterocycles. The van der Waals surface area contributed by atoms with E-state index < -0.39 is 11.6 Å². The van der Waals surface area contributed by atoms with E-state index in [1.807, 2.05) is 0 Å². The molecule has 10 nitrogen and oxygen atoms in total. The van der Waals surface area contributed by atoms with Crippen LogP contribution in [0.15, 0.2) is 22.0 Å². The monoisotopic (exact) mass is 448 g/mol. The van der Waals surface area contributed by atoms with E-state index in [2.05, 4.69) is 10.1 Å². The maximum atomic E-state index is 12.7. The Morgan fingerprint density at radius 2 is 1.94 bits per heavy atom. The molecule has 11 heteroatoms. The third-order valence-corrected chi connectivity index (χ3v) is 5.52. The highest BCUT2D eigenvalue weighted by Crippen LogP contribution is 2.46. The molecule has 1 aromatic heterocycles. The molecule has 0 bridgehead atoms. The van der Waals surface area contributed by atoms with Crippen LogP contribution in [0.5, 0.6) is 23.1 Å². The molecule has 1 aliphatic rings. The number of hydrazone groups is 1. The number of hydrogen-bond donors (Lipinski definition) is 2. The van der Waals surface area contributed by atoms with Gasteiger partial charge in [0.1, 0.15) is 5.56 Å². The summed E-state index contributed by atoms with van der Waals surface area (Å²) in [7, 11) is 6.01. The number of nitrogens with zero attached hydrogens (tertiary/aromatic N) is 3. The van der Waals surface area contributed by atoms with E-state index in [-0.39, 0.29) is 40.7 Å². The zero-order valence-electron chi connectivity index (χ0n) is 17.9. The van der Waals surface area contributed by atoms with Crippen molar-refractivity contribution in [3.05, 3.63) is 38.4 Å². The Balaban J connectivity index is 2.17. The number of aromatic amines is 1. The summed E-state index contributed by atoms with van der Waals surface area (Å²) in [4.78, 5) is 27.8. The minimum Gasteiger partial charge on any atom is -0.494 e. The van der Waals surface area contributed by atoms with E-state index in [4.69, 9.17) is 26.4 Å². The second kappa shape index (κ2) is 8.80. The van der Waals surface area contributed by atoms with Gasteiger partial charge in [-0.05, 0) is 24.4 Å². The van der Waals surface area contributed by atoms with Gasteiger partial charge in [0.25, 0.3) is 5.56 Å². The van der Waals surface area contributed by atoms with Crippen LogP contribution in [0.2, 0.25) is 0 Å². The highest BCUT2D eigenvalue weighted by Gasteiger charge is 2.37. The predicted molar refractivity (Wildman–Crippen MR) is 116 cm³/mol. The molecule has 0 saturated heterocycles. The SMILES string of the molecule is CCC(=O)N1N=C(c2c(O)n(C)c(=S)[nH]c2=O)C[C@@H]1c1ccc(OC)c(OC)c1OC. The number of rotatable bonds is 6. The van der Waals surface area contributed by atoms with E-state index in [0.717, 1.165) is 0 Å². The summed E-state index contributed by atoms with van der Waals surface area (Å²) >= 11 is 5.03. The van der Waals surface area contributed by atoms with Crippen molar-refractivity contribution in [1.29, 1.82) is 0 Å². The van der Waals surface area contributed by atoms with Crippen LogP contribution in [0.3, 0.4) is 0 Å². The number of H-pyrrole nitrogens is 1. The molecular weight excluding hydrogens is 424 g/mol. The second-order valence-corrected chi connectivity index (χ2v) is 7.19. The first-order valence-electron chi connectivity index (χ1n) is 9.49. The van der Waals surface area contributed by atoms with E-state index in [1.165, 1.54) is 38.0 Å². The number of ether oxygens (including phenoxy) is 3. The molecule has 0 aliphatic carbocycles. The van der Waals surface area contributed by atoms with Crippen LogP contribution >= 0.6 is 12.2 Å². The lowest BCUT2D eigenvalue weighted by Crippen LogP contribution is -2.26. The fraction of sp³-hybridized carbons (Fsp3) is 0.400. The summed E-state index contributed by atoms with van der Waals surface area (Å²) < 4.78 is 17.7. The molecule has 1 aromatic carbocycles. The molecule has 2 N–H and O–H groups in total. The zero-order chi connectivity index (χ0) is 22.9.